The minimum Gasteiger partial charge on any atom is -0.496 e. The van der Waals surface area contributed by atoms with Crippen LogP contribution < -0.4 is 15.0 Å². The maximum absolute atomic E-state index is 15.6. The number of aromatic nitrogens is 1. The van der Waals surface area contributed by atoms with Crippen molar-refractivity contribution in [2.45, 2.75) is 100.0 Å². The molecule has 0 radical (unpaired) electrons. The second kappa shape index (κ2) is 18.1. The molecule has 380 valence electrons. The topological polar surface area (TPSA) is 158 Å². The zero-order chi connectivity index (χ0) is 49.5. The van der Waals surface area contributed by atoms with Gasteiger partial charge >= 0.3 is 17.9 Å². The van der Waals surface area contributed by atoms with Crippen LogP contribution in [0.1, 0.15) is 74.4 Å². The summed E-state index contributed by atoms with van der Waals surface area (Å²) in [5.41, 5.74) is -0.570. The summed E-state index contributed by atoms with van der Waals surface area (Å²) in [6.45, 7) is 12.4. The molecule has 7 heterocycles. The van der Waals surface area contributed by atoms with Gasteiger partial charge in [0.2, 0.25) is 11.5 Å². The monoisotopic (exact) mass is 973 g/mol. The van der Waals surface area contributed by atoms with Crippen molar-refractivity contribution in [2.24, 2.45) is 17.3 Å². The first-order chi connectivity index (χ1) is 33.5. The van der Waals surface area contributed by atoms with Crippen LogP contribution in [-0.4, -0.2) is 173 Å². The lowest BCUT2D eigenvalue weighted by Crippen LogP contribution is -2.81. The number of hydrogen-bond acceptors (Lipinski definition) is 14. The van der Waals surface area contributed by atoms with Gasteiger partial charge in [0, 0.05) is 130 Å². The Morgan fingerprint density at radius 3 is 2.47 bits per heavy atom. The molecule has 4 fully saturated rings. The molecule has 6 unspecified atom stereocenters. The van der Waals surface area contributed by atoms with Crippen LogP contribution in [0.2, 0.25) is 0 Å². The molecule has 6 aliphatic heterocycles. The standard InChI is InChI=1S/C53H70F2N6O9/c1-8-50-13-9-16-61-18-14-51(44(50)61)38-26-39(42(66-5)27-41(38)58(4)45(51)53(65,48(64)68-7)46(50)70-32(2)62)52(47(63)67-6)28-34-24-35(49(3,54)55)31-60(30-34)17-12-36-37-25-33(10-11-40(37)57-43(36)52)29-56-15-19-59-20-22-69-23-21-59/h9-11,13,25-27,34-35,44-46,56-57,65H,8,12,14-24,28-31H2,1-7H3/t34?,35?,44?,45?,46-,50-,51?,52-,53+/m0/s1. The average molecular weight is 973 g/mol. The molecule has 0 amide bonds. The summed E-state index contributed by atoms with van der Waals surface area (Å²) < 4.78 is 60.8. The smallest absolute Gasteiger partial charge is 0.344 e. The number of nitrogens with one attached hydrogen (secondary N) is 2. The van der Waals surface area contributed by atoms with Crippen LogP contribution in [0.25, 0.3) is 10.9 Å². The van der Waals surface area contributed by atoms with Crippen molar-refractivity contribution in [3.05, 3.63) is 70.4 Å². The Labute approximate surface area is 409 Å². The molecule has 70 heavy (non-hydrogen) atoms. The fourth-order valence-corrected chi connectivity index (χ4v) is 14.9. The van der Waals surface area contributed by atoms with E-state index in [2.05, 4.69) is 43.2 Å². The summed E-state index contributed by atoms with van der Waals surface area (Å²) in [6, 6.07) is 8.89. The number of halogens is 2. The molecule has 10 atom stereocenters. The first-order valence-corrected chi connectivity index (χ1v) is 25.2. The Hall–Kier alpha value is -4.65. The van der Waals surface area contributed by atoms with Crippen LogP contribution >= 0.6 is 0 Å². The van der Waals surface area contributed by atoms with Crippen molar-refractivity contribution in [3.63, 3.8) is 0 Å². The van der Waals surface area contributed by atoms with Crippen molar-refractivity contribution in [1.29, 1.82) is 0 Å². The number of alkyl halides is 2. The summed E-state index contributed by atoms with van der Waals surface area (Å²) in [6.07, 6.45) is 4.47. The van der Waals surface area contributed by atoms with Gasteiger partial charge in [-0.05, 0) is 86.4 Å². The number of carbonyl (C=O) groups is 3. The highest BCUT2D eigenvalue weighted by molar-refractivity contribution is 5.95. The maximum atomic E-state index is 15.6. The average Bonchev–Trinajstić information content (AvgIpc) is 4.01. The predicted molar refractivity (Wildman–Crippen MR) is 258 cm³/mol. The Balaban J connectivity index is 1.19. The molecular formula is C53H70F2N6O9. The summed E-state index contributed by atoms with van der Waals surface area (Å²) in [5.74, 6) is -5.99. The fraction of sp³-hybridized carbons (Fsp3) is 0.642. The van der Waals surface area contributed by atoms with Gasteiger partial charge in [-0.2, -0.15) is 0 Å². The van der Waals surface area contributed by atoms with Crippen LogP contribution in [0.5, 0.6) is 5.75 Å². The molecule has 1 spiro atoms. The molecule has 2 bridgehead atoms. The van der Waals surface area contributed by atoms with Crippen molar-refractivity contribution in [2.75, 3.05) is 105 Å². The van der Waals surface area contributed by atoms with Gasteiger partial charge in [0.15, 0.2) is 6.10 Å². The molecule has 15 nitrogen and oxygen atoms in total. The molecule has 1 aromatic heterocycles. The summed E-state index contributed by atoms with van der Waals surface area (Å²) in [7, 11) is 6.00. The number of aromatic amines is 1. The lowest BCUT2D eigenvalue weighted by molar-refractivity contribution is -0.228. The van der Waals surface area contributed by atoms with Crippen molar-refractivity contribution >= 4 is 34.5 Å². The minimum atomic E-state index is -2.95. The quantitative estimate of drug-likeness (QED) is 0.101. The van der Waals surface area contributed by atoms with Gasteiger partial charge in [-0.25, -0.2) is 13.6 Å². The Kier molecular flexibility index (Phi) is 12.7. The van der Waals surface area contributed by atoms with Gasteiger partial charge in [0.05, 0.1) is 40.6 Å². The number of hydrogen-bond donors (Lipinski definition) is 3. The fourth-order valence-electron chi connectivity index (χ4n) is 14.9. The van der Waals surface area contributed by atoms with Crippen molar-refractivity contribution < 1.29 is 52.0 Å². The number of esters is 3. The number of carbonyl (C=O) groups excluding carboxylic acids is 3. The van der Waals surface area contributed by atoms with Crippen LogP contribution in [0, 0.1) is 17.3 Å². The van der Waals surface area contributed by atoms with Gasteiger partial charge in [-0.15, -0.1) is 0 Å². The number of ether oxygens (including phenoxy) is 5. The van der Waals surface area contributed by atoms with Crippen molar-refractivity contribution in [1.82, 2.24) is 25.0 Å². The zero-order valence-corrected chi connectivity index (χ0v) is 41.7. The van der Waals surface area contributed by atoms with E-state index in [1.807, 2.05) is 43.2 Å². The normalized spacial score (nSPS) is 33.8. The van der Waals surface area contributed by atoms with Crippen LogP contribution in [0.15, 0.2) is 42.5 Å². The number of benzene rings is 2. The van der Waals surface area contributed by atoms with Crippen LogP contribution in [-0.2, 0) is 57.1 Å². The summed E-state index contributed by atoms with van der Waals surface area (Å²) >= 11 is 0. The third-order valence-corrected chi connectivity index (χ3v) is 17.8. The zero-order valence-electron chi connectivity index (χ0n) is 41.7. The second-order valence-corrected chi connectivity index (χ2v) is 21.3. The second-order valence-electron chi connectivity index (χ2n) is 21.3. The van der Waals surface area contributed by atoms with Crippen molar-refractivity contribution in [3.8, 4) is 5.75 Å². The van der Waals surface area contributed by atoms with Crippen LogP contribution in [0.3, 0.4) is 0 Å². The number of nitrogens with zero attached hydrogens (tertiary/aromatic N) is 4. The number of anilines is 1. The molecule has 17 heteroatoms. The SMILES string of the molecule is CC[C@@]12C=CCN3CCC4(c5cc([C@@]6(C(=O)OC)CC7CC(C(C)(F)F)CN(CCc8c6[nH]c6ccc(CNCCN9CCOCC9)cc86)C7)c(OC)cc5N(C)C4[C@](O)(C(=O)OC)[C@H]1OC(C)=O)C32. The lowest BCUT2D eigenvalue weighted by Gasteiger charge is -2.63. The number of piperidine rings is 1. The maximum Gasteiger partial charge on any atom is 0.344 e. The predicted octanol–water partition coefficient (Wildman–Crippen LogP) is 4.54. The van der Waals surface area contributed by atoms with Gasteiger partial charge < -0.3 is 48.9 Å². The molecule has 3 saturated heterocycles. The van der Waals surface area contributed by atoms with Gasteiger partial charge in [0.25, 0.3) is 0 Å². The van der Waals surface area contributed by atoms with E-state index in [9.17, 15) is 14.7 Å². The first kappa shape index (κ1) is 49.0. The number of likely N-dealkylation sites (N-methyl/N-ethyl adjacent to an activating group) is 1. The minimum absolute atomic E-state index is 0.137. The number of rotatable bonds is 12. The summed E-state index contributed by atoms with van der Waals surface area (Å²) in [5, 5.41) is 18.0. The lowest BCUT2D eigenvalue weighted by atomic mass is 9.47. The van der Waals surface area contributed by atoms with E-state index in [0.717, 1.165) is 73.9 Å². The first-order valence-electron chi connectivity index (χ1n) is 25.2. The number of morpholine rings is 1. The highest BCUT2D eigenvalue weighted by Gasteiger charge is 2.80. The molecular weight excluding hydrogens is 903 g/mol. The largest absolute Gasteiger partial charge is 0.496 e. The molecule has 10 rings (SSSR count). The van der Waals surface area contributed by atoms with E-state index in [4.69, 9.17) is 23.7 Å². The van der Waals surface area contributed by atoms with E-state index >= 15 is 13.6 Å². The van der Waals surface area contributed by atoms with Gasteiger partial charge in [-0.1, -0.05) is 25.1 Å². The van der Waals surface area contributed by atoms with E-state index in [1.165, 1.54) is 21.1 Å². The van der Waals surface area contributed by atoms with E-state index in [-0.39, 0.29) is 31.3 Å². The Morgan fingerprint density at radius 2 is 1.77 bits per heavy atom. The van der Waals surface area contributed by atoms with Gasteiger partial charge in [-0.3, -0.25) is 19.4 Å². The number of aliphatic hydroxyl groups is 1. The number of H-pyrrole nitrogens is 1. The number of methoxy groups -OCH3 is 3. The highest BCUT2D eigenvalue weighted by atomic mass is 19.3. The third-order valence-electron chi connectivity index (χ3n) is 17.8. The Bertz CT molecular complexity index is 2560. The highest BCUT2D eigenvalue weighted by Crippen LogP contribution is 2.68. The molecule has 2 aromatic carbocycles. The van der Waals surface area contributed by atoms with E-state index < -0.39 is 63.7 Å². The van der Waals surface area contributed by atoms with E-state index in [0.29, 0.717) is 74.7 Å². The third kappa shape index (κ3) is 7.33. The summed E-state index contributed by atoms with van der Waals surface area (Å²) in [4.78, 5) is 55.9. The van der Waals surface area contributed by atoms with E-state index in [1.54, 1.807) is 7.11 Å². The molecule has 3 N–H and O–H groups in total. The molecule has 7 aliphatic rings. The molecule has 3 aromatic rings. The van der Waals surface area contributed by atoms with Gasteiger partial charge in [0.1, 0.15) is 11.2 Å². The molecule has 1 aliphatic carbocycles. The number of fused-ring (bicyclic) bond motifs is 6. The van der Waals surface area contributed by atoms with Crippen LogP contribution in [0.4, 0.5) is 14.5 Å². The Morgan fingerprint density at radius 1 is 1.00 bits per heavy atom. The molecule has 1 saturated carbocycles.